The predicted octanol–water partition coefficient (Wildman–Crippen LogP) is 3.28. The van der Waals surface area contributed by atoms with Crippen molar-refractivity contribution in [3.05, 3.63) is 27.1 Å². The van der Waals surface area contributed by atoms with Gasteiger partial charge in [0.05, 0.1) is 11.7 Å². The van der Waals surface area contributed by atoms with Crippen molar-refractivity contribution in [2.75, 3.05) is 0 Å². The number of nitrogens with zero attached hydrogens (tertiary/aromatic N) is 2. The van der Waals surface area contributed by atoms with Crippen molar-refractivity contribution in [2.24, 2.45) is 5.92 Å². The maximum atomic E-state index is 12.8. The lowest BCUT2D eigenvalue weighted by molar-refractivity contribution is -0.122. The summed E-state index contributed by atoms with van der Waals surface area (Å²) in [5.74, 6) is 0.502. The molecular formula is C19H27N3O2S. The molecule has 0 fully saturated rings. The van der Waals surface area contributed by atoms with E-state index in [1.165, 1.54) is 27.8 Å². The number of carbonyl (C=O) groups is 1. The molecule has 0 bridgehead atoms. The van der Waals surface area contributed by atoms with Gasteiger partial charge in [0.25, 0.3) is 5.56 Å². The Hall–Kier alpha value is -1.69. The summed E-state index contributed by atoms with van der Waals surface area (Å²) in [4.78, 5) is 31.7. The van der Waals surface area contributed by atoms with Crippen LogP contribution in [-0.2, 0) is 24.2 Å². The molecule has 1 amide bonds. The maximum absolute atomic E-state index is 12.8. The highest BCUT2D eigenvalue weighted by Crippen LogP contribution is 2.33. The third-order valence-corrected chi connectivity index (χ3v) is 6.04. The molecule has 0 saturated heterocycles. The molecule has 1 aliphatic carbocycles. The zero-order valence-corrected chi connectivity index (χ0v) is 16.1. The van der Waals surface area contributed by atoms with Crippen LogP contribution in [0.2, 0.25) is 0 Å². The molecule has 0 saturated carbocycles. The number of aromatic nitrogens is 2. The van der Waals surface area contributed by atoms with Gasteiger partial charge >= 0.3 is 0 Å². The van der Waals surface area contributed by atoms with Crippen molar-refractivity contribution in [2.45, 2.75) is 71.9 Å². The third kappa shape index (κ3) is 4.11. The second kappa shape index (κ2) is 7.68. The molecule has 1 atom stereocenters. The molecule has 0 radical (unpaired) electrons. The van der Waals surface area contributed by atoms with Crippen molar-refractivity contribution < 1.29 is 4.79 Å². The van der Waals surface area contributed by atoms with Crippen LogP contribution in [0.25, 0.3) is 10.2 Å². The quantitative estimate of drug-likeness (QED) is 0.859. The van der Waals surface area contributed by atoms with E-state index in [1.54, 1.807) is 11.3 Å². The van der Waals surface area contributed by atoms with Crippen LogP contribution in [0.4, 0.5) is 0 Å². The topological polar surface area (TPSA) is 64.0 Å². The first-order valence-electron chi connectivity index (χ1n) is 9.24. The van der Waals surface area contributed by atoms with Crippen molar-refractivity contribution in [3.63, 3.8) is 0 Å². The van der Waals surface area contributed by atoms with Gasteiger partial charge in [-0.25, -0.2) is 4.98 Å². The SMILES string of the molecule is CC(C)CCC(C)NC(=O)Cn1cnc2sc3c(c2c1=O)CCCC3. The lowest BCUT2D eigenvalue weighted by atomic mass is 9.97. The van der Waals surface area contributed by atoms with Crippen molar-refractivity contribution in [1.29, 1.82) is 0 Å². The Balaban J connectivity index is 1.74. The first-order chi connectivity index (χ1) is 12.0. The zero-order valence-electron chi connectivity index (χ0n) is 15.3. The van der Waals surface area contributed by atoms with E-state index in [4.69, 9.17) is 0 Å². The van der Waals surface area contributed by atoms with Gasteiger partial charge in [0.15, 0.2) is 0 Å². The Kier molecular flexibility index (Phi) is 5.57. The van der Waals surface area contributed by atoms with Crippen LogP contribution >= 0.6 is 11.3 Å². The summed E-state index contributed by atoms with van der Waals surface area (Å²) >= 11 is 1.64. The van der Waals surface area contributed by atoms with E-state index in [1.807, 2.05) is 6.92 Å². The number of aryl methyl sites for hydroxylation is 2. The number of nitrogens with one attached hydrogen (secondary N) is 1. The molecule has 25 heavy (non-hydrogen) atoms. The largest absolute Gasteiger partial charge is 0.352 e. The molecule has 5 nitrogen and oxygen atoms in total. The van der Waals surface area contributed by atoms with Gasteiger partial charge in [-0.05, 0) is 56.9 Å². The zero-order chi connectivity index (χ0) is 18.0. The Bertz CT molecular complexity index is 822. The fourth-order valence-electron chi connectivity index (χ4n) is 3.42. The normalized spacial score (nSPS) is 15.4. The Morgan fingerprint density at radius 1 is 1.28 bits per heavy atom. The van der Waals surface area contributed by atoms with Crippen LogP contribution < -0.4 is 10.9 Å². The molecule has 3 rings (SSSR count). The van der Waals surface area contributed by atoms with Crippen molar-refractivity contribution >= 4 is 27.5 Å². The van der Waals surface area contributed by atoms with Gasteiger partial charge in [-0.2, -0.15) is 0 Å². The molecule has 1 N–H and O–H groups in total. The van der Waals surface area contributed by atoms with Crippen LogP contribution in [0.3, 0.4) is 0 Å². The molecule has 6 heteroatoms. The minimum atomic E-state index is -0.122. The van der Waals surface area contributed by atoms with Crippen LogP contribution in [0.1, 0.15) is 56.9 Å². The second-order valence-electron chi connectivity index (χ2n) is 7.51. The lowest BCUT2D eigenvalue weighted by Crippen LogP contribution is -2.37. The van der Waals surface area contributed by atoms with E-state index in [0.29, 0.717) is 5.92 Å². The van der Waals surface area contributed by atoms with E-state index in [0.717, 1.165) is 42.3 Å². The summed E-state index contributed by atoms with van der Waals surface area (Å²) < 4.78 is 1.45. The highest BCUT2D eigenvalue weighted by molar-refractivity contribution is 7.18. The fraction of sp³-hybridized carbons (Fsp3) is 0.632. The van der Waals surface area contributed by atoms with Gasteiger partial charge in [-0.1, -0.05) is 13.8 Å². The fourth-order valence-corrected chi connectivity index (χ4v) is 4.64. The molecule has 2 aromatic heterocycles. The highest BCUT2D eigenvalue weighted by Gasteiger charge is 2.20. The number of rotatable bonds is 6. The molecular weight excluding hydrogens is 334 g/mol. The monoisotopic (exact) mass is 361 g/mol. The molecule has 1 unspecified atom stereocenters. The average Bonchev–Trinajstić information content (AvgIpc) is 2.94. The molecule has 1 aliphatic rings. The third-order valence-electron chi connectivity index (χ3n) is 4.84. The van der Waals surface area contributed by atoms with Gasteiger partial charge < -0.3 is 5.32 Å². The first-order valence-corrected chi connectivity index (χ1v) is 10.1. The maximum Gasteiger partial charge on any atom is 0.262 e. The number of amides is 1. The number of fused-ring (bicyclic) bond motifs is 3. The molecule has 136 valence electrons. The van der Waals surface area contributed by atoms with Crippen LogP contribution in [0, 0.1) is 5.92 Å². The number of carbonyl (C=O) groups excluding carboxylic acids is 1. The summed E-state index contributed by atoms with van der Waals surface area (Å²) in [5, 5.41) is 3.73. The van der Waals surface area contributed by atoms with Gasteiger partial charge in [0.1, 0.15) is 11.4 Å². The Labute approximate surface area is 152 Å². The summed E-state index contributed by atoms with van der Waals surface area (Å²) in [6, 6.07) is 0.121. The predicted molar refractivity (Wildman–Crippen MR) is 102 cm³/mol. The van der Waals surface area contributed by atoms with E-state index < -0.39 is 0 Å². The summed E-state index contributed by atoms with van der Waals surface area (Å²) in [6.45, 7) is 6.41. The minimum absolute atomic E-state index is 0.0401. The van der Waals surface area contributed by atoms with Gasteiger partial charge in [-0.3, -0.25) is 14.2 Å². The Morgan fingerprint density at radius 2 is 2.04 bits per heavy atom. The van der Waals surface area contributed by atoms with Gasteiger partial charge in [0, 0.05) is 10.9 Å². The molecule has 0 aromatic carbocycles. The number of hydrogen-bond donors (Lipinski definition) is 1. The van der Waals surface area contributed by atoms with E-state index in [2.05, 4.69) is 24.1 Å². The molecule has 2 heterocycles. The van der Waals surface area contributed by atoms with E-state index in [-0.39, 0.29) is 24.1 Å². The molecule has 0 aliphatic heterocycles. The molecule has 0 spiro atoms. The van der Waals surface area contributed by atoms with Gasteiger partial charge in [0.2, 0.25) is 5.91 Å². The van der Waals surface area contributed by atoms with Gasteiger partial charge in [-0.15, -0.1) is 11.3 Å². The number of hydrogen-bond acceptors (Lipinski definition) is 4. The van der Waals surface area contributed by atoms with E-state index >= 15 is 0 Å². The average molecular weight is 362 g/mol. The van der Waals surface area contributed by atoms with Crippen LogP contribution in [0.15, 0.2) is 11.1 Å². The number of thiophene rings is 1. The minimum Gasteiger partial charge on any atom is -0.352 e. The summed E-state index contributed by atoms with van der Waals surface area (Å²) in [6.07, 6.45) is 7.86. The standard InChI is InChI=1S/C19H27N3O2S/c1-12(2)8-9-13(3)21-16(23)10-22-11-20-18-17(19(22)24)14-6-4-5-7-15(14)25-18/h11-13H,4-10H2,1-3H3,(H,21,23). The Morgan fingerprint density at radius 3 is 2.80 bits per heavy atom. The smallest absolute Gasteiger partial charge is 0.262 e. The summed E-state index contributed by atoms with van der Waals surface area (Å²) in [7, 11) is 0. The van der Waals surface area contributed by atoms with Crippen LogP contribution in [-0.4, -0.2) is 21.5 Å². The highest BCUT2D eigenvalue weighted by atomic mass is 32.1. The second-order valence-corrected chi connectivity index (χ2v) is 8.59. The lowest BCUT2D eigenvalue weighted by Gasteiger charge is -2.15. The summed E-state index contributed by atoms with van der Waals surface area (Å²) in [5.41, 5.74) is 1.10. The first kappa shape index (κ1) is 18.1. The van der Waals surface area contributed by atoms with E-state index in [9.17, 15) is 9.59 Å². The van der Waals surface area contributed by atoms with Crippen LogP contribution in [0.5, 0.6) is 0 Å². The van der Waals surface area contributed by atoms with Crippen molar-refractivity contribution in [1.82, 2.24) is 14.9 Å². The molecule has 2 aromatic rings. The van der Waals surface area contributed by atoms with Crippen molar-refractivity contribution in [3.8, 4) is 0 Å².